The maximum Gasteiger partial charge on any atom is 0.176 e. The Hall–Kier alpha value is -0.320. The summed E-state index contributed by atoms with van der Waals surface area (Å²) in [6.45, 7) is 5.05. The van der Waals surface area contributed by atoms with E-state index in [4.69, 9.17) is 32.7 Å². The van der Waals surface area contributed by atoms with Crippen molar-refractivity contribution in [2.45, 2.75) is 26.2 Å². The highest BCUT2D eigenvalue weighted by molar-refractivity contribution is 6.42. The Morgan fingerprint density at radius 1 is 1.11 bits per heavy atom. The van der Waals surface area contributed by atoms with Crippen LogP contribution in [0.15, 0.2) is 18.2 Å². The largest absolute Gasteiger partial charge is 0.351 e. The molecule has 0 aromatic heterocycles. The molecule has 0 heterocycles. The highest BCUT2D eigenvalue weighted by atomic mass is 35.5. The first-order valence-corrected chi connectivity index (χ1v) is 6.75. The molecule has 0 saturated carbocycles. The number of likely N-dealkylation sites (N-methyl/N-ethyl adjacent to an activating group) is 1. The van der Waals surface area contributed by atoms with Crippen LogP contribution >= 0.6 is 23.2 Å². The first kappa shape index (κ1) is 15.7. The molecule has 0 aliphatic heterocycles. The van der Waals surface area contributed by atoms with Crippen LogP contribution in [0.25, 0.3) is 0 Å². The summed E-state index contributed by atoms with van der Waals surface area (Å²) >= 11 is 11.9. The number of hydrogen-bond donors (Lipinski definition) is 1. The van der Waals surface area contributed by atoms with E-state index in [-0.39, 0.29) is 12.3 Å². The fourth-order valence-electron chi connectivity index (χ4n) is 1.73. The summed E-state index contributed by atoms with van der Waals surface area (Å²) in [6.07, 6.45) is -0.345. The maximum atomic E-state index is 6.03. The summed E-state index contributed by atoms with van der Waals surface area (Å²) in [4.78, 5) is 0. The Labute approximate surface area is 118 Å². The molecule has 5 heteroatoms. The molecule has 0 aliphatic rings. The van der Waals surface area contributed by atoms with Gasteiger partial charge in [0, 0.05) is 13.2 Å². The van der Waals surface area contributed by atoms with Crippen molar-refractivity contribution < 1.29 is 9.47 Å². The van der Waals surface area contributed by atoms with Gasteiger partial charge in [-0.2, -0.15) is 0 Å². The lowest BCUT2D eigenvalue weighted by atomic mass is 10.1. The van der Waals surface area contributed by atoms with E-state index in [1.54, 1.807) is 6.07 Å². The lowest BCUT2D eigenvalue weighted by Crippen LogP contribution is -2.34. The van der Waals surface area contributed by atoms with Gasteiger partial charge in [0.2, 0.25) is 0 Å². The third-order valence-electron chi connectivity index (χ3n) is 2.55. The average molecular weight is 292 g/mol. The predicted molar refractivity (Wildman–Crippen MR) is 75.3 cm³/mol. The Morgan fingerprint density at radius 2 is 1.72 bits per heavy atom. The topological polar surface area (TPSA) is 30.5 Å². The molecule has 1 rings (SSSR count). The van der Waals surface area contributed by atoms with Gasteiger partial charge in [-0.05, 0) is 38.6 Å². The minimum atomic E-state index is -0.345. The Bertz CT molecular complexity index is 368. The summed E-state index contributed by atoms with van der Waals surface area (Å²) in [5.74, 6) is 0. The third kappa shape index (κ3) is 4.11. The molecule has 0 saturated heterocycles. The second kappa shape index (κ2) is 7.97. The zero-order valence-corrected chi connectivity index (χ0v) is 12.4. The van der Waals surface area contributed by atoms with Crippen molar-refractivity contribution in [3.8, 4) is 0 Å². The number of hydrogen-bond acceptors (Lipinski definition) is 3. The molecule has 0 amide bonds. The van der Waals surface area contributed by atoms with Crippen molar-refractivity contribution in [1.29, 1.82) is 0 Å². The van der Waals surface area contributed by atoms with Gasteiger partial charge in [-0.25, -0.2) is 0 Å². The second-order valence-corrected chi connectivity index (χ2v) is 4.53. The van der Waals surface area contributed by atoms with E-state index in [1.165, 1.54) is 0 Å². The molecule has 1 atom stereocenters. The first-order valence-electron chi connectivity index (χ1n) is 5.99. The smallest absolute Gasteiger partial charge is 0.176 e. The van der Waals surface area contributed by atoms with E-state index in [2.05, 4.69) is 5.32 Å². The molecule has 1 N–H and O–H groups in total. The summed E-state index contributed by atoms with van der Waals surface area (Å²) in [6, 6.07) is 5.44. The van der Waals surface area contributed by atoms with Crippen LogP contribution in [0.5, 0.6) is 0 Å². The molecular formula is C13H19Cl2NO2. The second-order valence-electron chi connectivity index (χ2n) is 3.72. The van der Waals surface area contributed by atoms with Crippen LogP contribution in [0.1, 0.15) is 25.5 Å². The molecule has 0 fully saturated rings. The normalized spacial score (nSPS) is 13.0. The molecule has 1 aromatic carbocycles. The molecule has 18 heavy (non-hydrogen) atoms. The van der Waals surface area contributed by atoms with E-state index in [0.717, 1.165) is 5.56 Å². The summed E-state index contributed by atoms with van der Waals surface area (Å²) < 4.78 is 11.2. The van der Waals surface area contributed by atoms with Crippen LogP contribution in [0.2, 0.25) is 10.0 Å². The molecule has 0 radical (unpaired) electrons. The number of nitrogens with one attached hydrogen (secondary N) is 1. The Balaban J connectivity index is 2.94. The quantitative estimate of drug-likeness (QED) is 0.778. The number of rotatable bonds is 7. The van der Waals surface area contributed by atoms with E-state index in [0.29, 0.717) is 23.3 Å². The molecule has 102 valence electrons. The lowest BCUT2D eigenvalue weighted by molar-refractivity contribution is -0.154. The summed E-state index contributed by atoms with van der Waals surface area (Å²) in [5, 5.41) is 4.25. The minimum Gasteiger partial charge on any atom is -0.351 e. The van der Waals surface area contributed by atoms with Gasteiger partial charge in [-0.15, -0.1) is 0 Å². The van der Waals surface area contributed by atoms with Crippen molar-refractivity contribution in [2.75, 3.05) is 20.3 Å². The summed E-state index contributed by atoms with van der Waals surface area (Å²) in [7, 11) is 1.86. The Kier molecular flexibility index (Phi) is 6.97. The molecule has 0 spiro atoms. The van der Waals surface area contributed by atoms with Crippen molar-refractivity contribution >= 4 is 23.2 Å². The standard InChI is InChI=1S/C13H19Cl2NO2/c1-4-17-13(18-5-2)12(16-3)9-6-7-10(14)11(15)8-9/h6-8,12-13,16H,4-5H2,1-3H3. The van der Waals surface area contributed by atoms with Crippen LogP contribution in [-0.2, 0) is 9.47 Å². The van der Waals surface area contributed by atoms with Crippen LogP contribution in [0, 0.1) is 0 Å². The van der Waals surface area contributed by atoms with Gasteiger partial charge in [-0.3, -0.25) is 0 Å². The zero-order chi connectivity index (χ0) is 13.5. The van der Waals surface area contributed by atoms with Crippen LogP contribution in [0.4, 0.5) is 0 Å². The van der Waals surface area contributed by atoms with E-state index >= 15 is 0 Å². The van der Waals surface area contributed by atoms with Crippen molar-refractivity contribution in [3.05, 3.63) is 33.8 Å². The highest BCUT2D eigenvalue weighted by Gasteiger charge is 2.23. The van der Waals surface area contributed by atoms with Gasteiger partial charge < -0.3 is 14.8 Å². The fraction of sp³-hybridized carbons (Fsp3) is 0.538. The molecule has 0 bridgehead atoms. The van der Waals surface area contributed by atoms with Gasteiger partial charge in [0.25, 0.3) is 0 Å². The average Bonchev–Trinajstić information content (AvgIpc) is 2.35. The first-order chi connectivity index (χ1) is 8.63. The van der Waals surface area contributed by atoms with Gasteiger partial charge >= 0.3 is 0 Å². The van der Waals surface area contributed by atoms with Crippen molar-refractivity contribution in [2.24, 2.45) is 0 Å². The van der Waals surface area contributed by atoms with Crippen LogP contribution in [-0.4, -0.2) is 26.6 Å². The minimum absolute atomic E-state index is 0.0836. The van der Waals surface area contributed by atoms with Crippen molar-refractivity contribution in [3.63, 3.8) is 0 Å². The van der Waals surface area contributed by atoms with Crippen molar-refractivity contribution in [1.82, 2.24) is 5.32 Å². The predicted octanol–water partition coefficient (Wildman–Crippen LogP) is 3.65. The SMILES string of the molecule is CCOC(OCC)C(NC)c1ccc(Cl)c(Cl)c1. The maximum absolute atomic E-state index is 6.03. The number of benzene rings is 1. The van der Waals surface area contributed by atoms with Crippen LogP contribution < -0.4 is 5.32 Å². The van der Waals surface area contributed by atoms with Crippen LogP contribution in [0.3, 0.4) is 0 Å². The van der Waals surface area contributed by atoms with Gasteiger partial charge in [-0.1, -0.05) is 29.3 Å². The molecular weight excluding hydrogens is 273 g/mol. The third-order valence-corrected chi connectivity index (χ3v) is 3.29. The van der Waals surface area contributed by atoms with Gasteiger partial charge in [0.05, 0.1) is 16.1 Å². The van der Waals surface area contributed by atoms with E-state index in [9.17, 15) is 0 Å². The Morgan fingerprint density at radius 3 is 2.17 bits per heavy atom. The molecule has 1 unspecified atom stereocenters. The van der Waals surface area contributed by atoms with E-state index < -0.39 is 0 Å². The molecule has 3 nitrogen and oxygen atoms in total. The fourth-order valence-corrected chi connectivity index (χ4v) is 2.04. The monoisotopic (exact) mass is 291 g/mol. The number of ether oxygens (including phenoxy) is 2. The zero-order valence-electron chi connectivity index (χ0n) is 10.9. The van der Waals surface area contributed by atoms with Gasteiger partial charge in [0.1, 0.15) is 0 Å². The van der Waals surface area contributed by atoms with Gasteiger partial charge in [0.15, 0.2) is 6.29 Å². The highest BCUT2D eigenvalue weighted by Crippen LogP contribution is 2.28. The molecule has 1 aromatic rings. The summed E-state index contributed by atoms with van der Waals surface area (Å²) in [5.41, 5.74) is 0.985. The molecule has 0 aliphatic carbocycles. The lowest BCUT2D eigenvalue weighted by Gasteiger charge is -2.27. The van der Waals surface area contributed by atoms with E-state index in [1.807, 2.05) is 33.0 Å². The number of halogens is 2.